The first kappa shape index (κ1) is 25.1. The highest BCUT2D eigenvalue weighted by atomic mass is 16.3. The molecule has 2 aliphatic heterocycles. The molecule has 200 valence electrons. The summed E-state index contributed by atoms with van der Waals surface area (Å²) in [6, 6.07) is 0.693. The molecule has 0 radical (unpaired) electrons. The molecule has 6 heteroatoms. The fraction of sp³-hybridized carbons (Fsp3) is 1.00. The van der Waals surface area contributed by atoms with Crippen molar-refractivity contribution < 1.29 is 10.2 Å². The fourth-order valence-corrected chi connectivity index (χ4v) is 10.3. The molecule has 0 amide bonds. The summed E-state index contributed by atoms with van der Waals surface area (Å²) in [6.07, 6.45) is 8.13. The predicted octanol–water partition coefficient (Wildman–Crippen LogP) is 2.20. The highest BCUT2D eigenvalue weighted by Gasteiger charge is 2.63. The van der Waals surface area contributed by atoms with Crippen LogP contribution in [-0.2, 0) is 0 Å². The van der Waals surface area contributed by atoms with Crippen molar-refractivity contribution in [3.63, 3.8) is 0 Å². The Morgan fingerprint density at radius 1 is 0.657 bits per heavy atom. The van der Waals surface area contributed by atoms with E-state index in [2.05, 4.69) is 47.5 Å². The van der Waals surface area contributed by atoms with Gasteiger partial charge in [-0.25, -0.2) is 0 Å². The fourth-order valence-electron chi connectivity index (χ4n) is 10.3. The lowest BCUT2D eigenvalue weighted by Crippen LogP contribution is -2.61. The van der Waals surface area contributed by atoms with E-state index >= 15 is 0 Å². The molecular formula is C29H52N4O2. The maximum absolute atomic E-state index is 11.7. The largest absolute Gasteiger partial charge is 0.391 e. The van der Waals surface area contributed by atoms with E-state index in [9.17, 15) is 10.2 Å². The van der Waals surface area contributed by atoms with Crippen LogP contribution < -0.4 is 0 Å². The third kappa shape index (κ3) is 4.04. The number of rotatable bonds is 2. The minimum absolute atomic E-state index is 0.0867. The van der Waals surface area contributed by atoms with Gasteiger partial charge in [0.25, 0.3) is 0 Å². The lowest BCUT2D eigenvalue weighted by Gasteiger charge is -2.62. The molecule has 0 aromatic heterocycles. The van der Waals surface area contributed by atoms with Crippen molar-refractivity contribution in [2.24, 2.45) is 34.5 Å². The van der Waals surface area contributed by atoms with E-state index in [0.29, 0.717) is 29.3 Å². The predicted molar refractivity (Wildman–Crippen MR) is 140 cm³/mol. The summed E-state index contributed by atoms with van der Waals surface area (Å²) < 4.78 is 0. The lowest BCUT2D eigenvalue weighted by atomic mass is 9.44. The molecule has 0 aromatic carbocycles. The summed E-state index contributed by atoms with van der Waals surface area (Å²) in [5.41, 5.74) is 0.428. The average Bonchev–Trinajstić information content (AvgIpc) is 3.11. The van der Waals surface area contributed by atoms with Crippen LogP contribution in [-0.4, -0.2) is 121 Å². The van der Waals surface area contributed by atoms with E-state index in [0.717, 1.165) is 70.6 Å². The molecular weight excluding hydrogens is 436 g/mol. The van der Waals surface area contributed by atoms with Gasteiger partial charge < -0.3 is 20.0 Å². The molecule has 0 aromatic rings. The summed E-state index contributed by atoms with van der Waals surface area (Å²) >= 11 is 0. The number of likely N-dealkylation sites (N-methyl/N-ethyl adjacent to an activating group) is 2. The topological polar surface area (TPSA) is 53.4 Å². The summed E-state index contributed by atoms with van der Waals surface area (Å²) in [6.45, 7) is 14.0. The van der Waals surface area contributed by atoms with Gasteiger partial charge in [0.2, 0.25) is 0 Å². The molecule has 2 N–H and O–H groups in total. The number of hydrogen-bond donors (Lipinski definition) is 2. The van der Waals surface area contributed by atoms with E-state index in [-0.39, 0.29) is 17.6 Å². The molecule has 4 aliphatic carbocycles. The summed E-state index contributed by atoms with van der Waals surface area (Å²) in [5, 5.41) is 23.0. The van der Waals surface area contributed by atoms with Gasteiger partial charge in [-0.05, 0) is 93.5 Å². The van der Waals surface area contributed by atoms with Gasteiger partial charge in [0.1, 0.15) is 0 Å². The Bertz CT molecular complexity index is 766. The number of aliphatic hydroxyl groups excluding tert-OH is 2. The van der Waals surface area contributed by atoms with Gasteiger partial charge in [-0.3, -0.25) is 9.80 Å². The Kier molecular flexibility index (Phi) is 6.59. The van der Waals surface area contributed by atoms with E-state index in [1.165, 1.54) is 38.5 Å². The summed E-state index contributed by atoms with van der Waals surface area (Å²) in [7, 11) is 4.45. The van der Waals surface area contributed by atoms with Crippen LogP contribution in [0.4, 0.5) is 0 Å². The Hall–Kier alpha value is -0.240. The van der Waals surface area contributed by atoms with Gasteiger partial charge in [-0.2, -0.15) is 0 Å². The van der Waals surface area contributed by atoms with Gasteiger partial charge >= 0.3 is 0 Å². The first-order valence-electron chi connectivity index (χ1n) is 14.9. The van der Waals surface area contributed by atoms with Crippen LogP contribution in [0, 0.1) is 34.5 Å². The van der Waals surface area contributed by atoms with Crippen molar-refractivity contribution >= 4 is 0 Å². The minimum atomic E-state index is -0.173. The lowest BCUT2D eigenvalue weighted by molar-refractivity contribution is -0.155. The van der Waals surface area contributed by atoms with Crippen LogP contribution in [0.15, 0.2) is 0 Å². The van der Waals surface area contributed by atoms with Crippen LogP contribution in [0.2, 0.25) is 0 Å². The third-order valence-corrected chi connectivity index (χ3v) is 12.7. The molecule has 0 unspecified atom stereocenters. The van der Waals surface area contributed by atoms with Crippen molar-refractivity contribution in [2.45, 2.75) is 83.1 Å². The van der Waals surface area contributed by atoms with Gasteiger partial charge in [0.15, 0.2) is 0 Å². The van der Waals surface area contributed by atoms with Gasteiger partial charge in [-0.1, -0.05) is 13.8 Å². The smallest absolute Gasteiger partial charge is 0.0751 e. The molecule has 10 atom stereocenters. The molecule has 35 heavy (non-hydrogen) atoms. The number of aliphatic hydroxyl groups is 2. The molecule has 0 spiro atoms. The van der Waals surface area contributed by atoms with E-state index < -0.39 is 0 Å². The maximum atomic E-state index is 11.7. The van der Waals surface area contributed by atoms with Crippen LogP contribution in [0.1, 0.15) is 58.8 Å². The highest BCUT2D eigenvalue weighted by molar-refractivity contribution is 5.14. The SMILES string of the molecule is CN1CCN([C@@H]2C[C@@]3(C)[C@H](CC[C@@H]4[C@@H]3CC[C@]3(C)[C@H](O)[C@@H](N5CCN(C)CC5)C[C@@H]43)C[C@H]2O)CC1. The molecule has 6 aliphatic rings. The van der Waals surface area contributed by atoms with Crippen molar-refractivity contribution in [3.8, 4) is 0 Å². The Balaban J connectivity index is 1.21. The second kappa shape index (κ2) is 9.20. The van der Waals surface area contributed by atoms with Crippen LogP contribution in [0.3, 0.4) is 0 Å². The van der Waals surface area contributed by atoms with Crippen molar-refractivity contribution in [3.05, 3.63) is 0 Å². The van der Waals surface area contributed by atoms with Crippen LogP contribution >= 0.6 is 0 Å². The molecule has 0 bridgehead atoms. The molecule has 2 saturated heterocycles. The monoisotopic (exact) mass is 488 g/mol. The Morgan fingerprint density at radius 3 is 1.89 bits per heavy atom. The first-order valence-corrected chi connectivity index (χ1v) is 14.9. The molecule has 6 rings (SSSR count). The van der Waals surface area contributed by atoms with Crippen molar-refractivity contribution in [1.82, 2.24) is 19.6 Å². The van der Waals surface area contributed by atoms with E-state index in [1.54, 1.807) is 0 Å². The summed E-state index contributed by atoms with van der Waals surface area (Å²) in [4.78, 5) is 10.1. The standard InChI is InChI=1S/C29H52N4O2/c1-28-8-7-22-21(23(28)18-24(27(28)35)32-13-9-30(3)10-14-32)6-5-20-17-26(34)25(19-29(20,22)2)33-15-11-31(4)12-16-33/h20-27,34-35H,5-19H2,1-4H3/t20-,21-,22+,23+,24+,25-,26-,27-,28+,29+/m1/s1. The van der Waals surface area contributed by atoms with E-state index in [4.69, 9.17) is 0 Å². The number of nitrogens with zero attached hydrogens (tertiary/aromatic N) is 4. The second-order valence-electron chi connectivity index (χ2n) is 14.2. The Labute approximate surface area is 214 Å². The number of piperazine rings is 2. The highest BCUT2D eigenvalue weighted by Crippen LogP contribution is 2.66. The second-order valence-corrected chi connectivity index (χ2v) is 14.2. The zero-order valence-electron chi connectivity index (χ0n) is 22.9. The zero-order valence-corrected chi connectivity index (χ0v) is 22.9. The average molecular weight is 489 g/mol. The van der Waals surface area contributed by atoms with E-state index in [1.807, 2.05) is 0 Å². The Morgan fingerprint density at radius 2 is 1.26 bits per heavy atom. The van der Waals surface area contributed by atoms with Gasteiger partial charge in [0.05, 0.1) is 12.2 Å². The number of hydrogen-bond acceptors (Lipinski definition) is 6. The molecule has 6 fully saturated rings. The quantitative estimate of drug-likeness (QED) is 0.622. The van der Waals surface area contributed by atoms with Crippen molar-refractivity contribution in [1.29, 1.82) is 0 Å². The zero-order chi connectivity index (χ0) is 24.5. The first-order chi connectivity index (χ1) is 16.7. The minimum Gasteiger partial charge on any atom is -0.391 e. The van der Waals surface area contributed by atoms with Crippen LogP contribution in [0.25, 0.3) is 0 Å². The normalized spacial score (nSPS) is 52.6. The van der Waals surface area contributed by atoms with Crippen LogP contribution in [0.5, 0.6) is 0 Å². The van der Waals surface area contributed by atoms with Gasteiger partial charge in [0, 0.05) is 64.4 Å². The number of fused-ring (bicyclic) bond motifs is 5. The molecule has 2 heterocycles. The van der Waals surface area contributed by atoms with Gasteiger partial charge in [-0.15, -0.1) is 0 Å². The third-order valence-electron chi connectivity index (χ3n) is 12.7. The maximum Gasteiger partial charge on any atom is 0.0751 e. The molecule has 6 nitrogen and oxygen atoms in total. The summed E-state index contributed by atoms with van der Waals surface area (Å²) in [5.74, 6) is 2.85. The van der Waals surface area contributed by atoms with Crippen molar-refractivity contribution in [2.75, 3.05) is 66.5 Å². The molecule has 4 saturated carbocycles.